The van der Waals surface area contributed by atoms with Gasteiger partial charge in [0, 0.05) is 12.3 Å². The van der Waals surface area contributed by atoms with Gasteiger partial charge < -0.3 is 10.5 Å². The highest BCUT2D eigenvalue weighted by molar-refractivity contribution is 5.78. The first-order valence-electron chi connectivity index (χ1n) is 15.2. The van der Waals surface area contributed by atoms with Gasteiger partial charge in [0.1, 0.15) is 0 Å². The van der Waals surface area contributed by atoms with E-state index in [-0.39, 0.29) is 0 Å². The summed E-state index contributed by atoms with van der Waals surface area (Å²) in [6, 6.07) is 0. The van der Waals surface area contributed by atoms with Crippen LogP contribution in [-0.2, 0) is 0 Å². The van der Waals surface area contributed by atoms with Crippen molar-refractivity contribution in [2.24, 2.45) is 15.3 Å². The molecule has 0 aromatic rings. The number of azo groups is 1. The lowest BCUT2D eigenvalue weighted by Gasteiger charge is -2.07. The lowest BCUT2D eigenvalue weighted by atomic mass is 10.1. The summed E-state index contributed by atoms with van der Waals surface area (Å²) < 4.78 is 0. The van der Waals surface area contributed by atoms with Gasteiger partial charge in [-0.05, 0) is 40.5 Å². The fraction of sp³-hybridized carbons (Fsp3) is 0.967. The zero-order valence-electron chi connectivity index (χ0n) is 24.8. The molecule has 0 heterocycles. The van der Waals surface area contributed by atoms with Crippen molar-refractivity contribution in [2.75, 3.05) is 13.1 Å². The third-order valence-corrected chi connectivity index (χ3v) is 5.87. The summed E-state index contributed by atoms with van der Waals surface area (Å²) >= 11 is 0. The van der Waals surface area contributed by atoms with Crippen LogP contribution in [0, 0.1) is 0 Å². The maximum absolute atomic E-state index is 9.32. The van der Waals surface area contributed by atoms with E-state index in [4.69, 9.17) is 0 Å². The van der Waals surface area contributed by atoms with Crippen LogP contribution in [0.15, 0.2) is 15.3 Å². The first kappa shape index (κ1) is 36.2. The molecule has 0 fully saturated rings. The Labute approximate surface area is 220 Å². The van der Waals surface area contributed by atoms with Gasteiger partial charge in [-0.2, -0.15) is 15.3 Å². The number of rotatable bonds is 24. The molecule has 0 unspecified atom stereocenters. The van der Waals surface area contributed by atoms with Crippen molar-refractivity contribution >= 4 is 5.71 Å². The topological polar surface area (TPSA) is 69.3 Å². The molecule has 210 valence electrons. The summed E-state index contributed by atoms with van der Waals surface area (Å²) in [4.78, 5) is 0. The van der Waals surface area contributed by atoms with Gasteiger partial charge in [-0.1, -0.05) is 129 Å². The van der Waals surface area contributed by atoms with Gasteiger partial charge in [-0.3, -0.25) is 0 Å². The second-order valence-electron chi connectivity index (χ2n) is 10.8. The standard InChI is InChI=1S/C15H32N2O.C15H32N2/c1-4-5-6-7-8-9-10-11-12-13-14-16-17-15(2,3)18;1-4-5-6-7-8-9-10-11-12-13-14-16-17-15(2)3/h18H,4-14H2,1-3H3;16H,4-14H2,1-3H3. The third kappa shape index (κ3) is 40.5. The molecule has 5 nitrogen and oxygen atoms in total. The molecule has 0 amide bonds. The lowest BCUT2D eigenvalue weighted by molar-refractivity contribution is 0.0815. The maximum Gasteiger partial charge on any atom is 0.170 e. The Hall–Kier alpha value is -0.970. The van der Waals surface area contributed by atoms with Crippen LogP contribution in [0.3, 0.4) is 0 Å². The van der Waals surface area contributed by atoms with E-state index in [0.717, 1.165) is 25.2 Å². The minimum atomic E-state index is -1.00. The highest BCUT2D eigenvalue weighted by Crippen LogP contribution is 2.11. The first-order chi connectivity index (χ1) is 16.8. The summed E-state index contributed by atoms with van der Waals surface area (Å²) in [7, 11) is 0. The van der Waals surface area contributed by atoms with Gasteiger partial charge in [0.05, 0.1) is 6.54 Å². The minimum absolute atomic E-state index is 0.750. The summed E-state index contributed by atoms with van der Waals surface area (Å²) in [6.45, 7) is 13.6. The van der Waals surface area contributed by atoms with Crippen LogP contribution < -0.4 is 5.43 Å². The molecular weight excluding hydrogens is 432 g/mol. The van der Waals surface area contributed by atoms with E-state index in [9.17, 15) is 5.11 Å². The molecule has 0 bridgehead atoms. The van der Waals surface area contributed by atoms with Crippen molar-refractivity contribution in [3.63, 3.8) is 0 Å². The van der Waals surface area contributed by atoms with Crippen LogP contribution in [0.25, 0.3) is 0 Å². The van der Waals surface area contributed by atoms with Crippen LogP contribution in [0.5, 0.6) is 0 Å². The predicted octanol–water partition coefficient (Wildman–Crippen LogP) is 9.98. The molecule has 0 aliphatic heterocycles. The smallest absolute Gasteiger partial charge is 0.170 e. The molecule has 0 saturated carbocycles. The van der Waals surface area contributed by atoms with E-state index in [0.29, 0.717) is 0 Å². The van der Waals surface area contributed by atoms with Crippen LogP contribution in [-0.4, -0.2) is 29.6 Å². The van der Waals surface area contributed by atoms with Crippen molar-refractivity contribution in [2.45, 2.75) is 176 Å². The SMILES string of the molecule is CCCCCCCCCCCCN=NC(C)(C)O.CCCCCCCCCCCCNN=C(C)C. The van der Waals surface area contributed by atoms with E-state index >= 15 is 0 Å². The Morgan fingerprint density at radius 1 is 0.600 bits per heavy atom. The summed E-state index contributed by atoms with van der Waals surface area (Å²) in [5.41, 5.74) is 3.20. The van der Waals surface area contributed by atoms with Crippen molar-refractivity contribution in [3.05, 3.63) is 0 Å². The predicted molar refractivity (Wildman–Crippen MR) is 156 cm³/mol. The summed E-state index contributed by atoms with van der Waals surface area (Å²) in [5.74, 6) is 0. The highest BCUT2D eigenvalue weighted by atomic mass is 16.3. The average Bonchev–Trinajstić information content (AvgIpc) is 2.80. The number of hydrogen-bond acceptors (Lipinski definition) is 5. The fourth-order valence-electron chi connectivity index (χ4n) is 3.80. The van der Waals surface area contributed by atoms with Crippen LogP contribution in [0.2, 0.25) is 0 Å². The third-order valence-electron chi connectivity index (χ3n) is 5.87. The van der Waals surface area contributed by atoms with Gasteiger partial charge in [0.25, 0.3) is 0 Å². The first-order valence-corrected chi connectivity index (χ1v) is 15.2. The number of nitrogens with one attached hydrogen (secondary N) is 1. The molecule has 0 aromatic heterocycles. The van der Waals surface area contributed by atoms with Gasteiger partial charge in [0.2, 0.25) is 0 Å². The molecule has 0 atom stereocenters. The number of nitrogens with zero attached hydrogens (tertiary/aromatic N) is 3. The molecular formula is C30H64N4O. The molecule has 0 rings (SSSR count). The van der Waals surface area contributed by atoms with Crippen LogP contribution in [0.1, 0.15) is 170 Å². The van der Waals surface area contributed by atoms with Crippen LogP contribution in [0.4, 0.5) is 0 Å². The van der Waals surface area contributed by atoms with Crippen molar-refractivity contribution in [1.82, 2.24) is 5.43 Å². The lowest BCUT2D eigenvalue weighted by Crippen LogP contribution is -2.13. The number of hydrazone groups is 1. The molecule has 2 N–H and O–H groups in total. The summed E-state index contributed by atoms with van der Waals surface area (Å²) in [5, 5.41) is 21.3. The van der Waals surface area contributed by atoms with E-state index in [1.807, 2.05) is 13.8 Å². The average molecular weight is 497 g/mol. The van der Waals surface area contributed by atoms with E-state index < -0.39 is 5.72 Å². The Kier molecular flexibility index (Phi) is 30.3. The zero-order valence-corrected chi connectivity index (χ0v) is 24.8. The quantitative estimate of drug-likeness (QED) is 0.0604. The van der Waals surface area contributed by atoms with E-state index in [1.54, 1.807) is 13.8 Å². The van der Waals surface area contributed by atoms with Gasteiger partial charge in [-0.25, -0.2) is 0 Å². The second kappa shape index (κ2) is 29.3. The Bertz CT molecular complexity index is 454. The number of unbranched alkanes of at least 4 members (excludes halogenated alkanes) is 18. The van der Waals surface area contributed by atoms with Gasteiger partial charge in [-0.15, -0.1) is 0 Å². The Morgan fingerprint density at radius 2 is 0.971 bits per heavy atom. The normalized spacial score (nSPS) is 11.4. The molecule has 35 heavy (non-hydrogen) atoms. The zero-order chi connectivity index (χ0) is 26.5. The Balaban J connectivity index is 0. The van der Waals surface area contributed by atoms with E-state index in [1.165, 1.54) is 122 Å². The second-order valence-corrected chi connectivity index (χ2v) is 10.8. The monoisotopic (exact) mass is 497 g/mol. The van der Waals surface area contributed by atoms with Crippen molar-refractivity contribution in [3.8, 4) is 0 Å². The van der Waals surface area contributed by atoms with Gasteiger partial charge in [0.15, 0.2) is 5.72 Å². The van der Waals surface area contributed by atoms with Crippen molar-refractivity contribution < 1.29 is 5.11 Å². The molecule has 5 heteroatoms. The minimum Gasteiger partial charge on any atom is -0.368 e. The summed E-state index contributed by atoms with van der Waals surface area (Å²) in [6.07, 6.45) is 27.3. The largest absolute Gasteiger partial charge is 0.368 e. The van der Waals surface area contributed by atoms with Crippen molar-refractivity contribution in [1.29, 1.82) is 0 Å². The maximum atomic E-state index is 9.32. The molecule has 0 spiro atoms. The number of hydrogen-bond donors (Lipinski definition) is 2. The Morgan fingerprint density at radius 3 is 1.34 bits per heavy atom. The molecule has 0 radical (unpaired) electrons. The molecule has 0 aromatic carbocycles. The molecule has 0 aliphatic carbocycles. The number of aliphatic hydroxyl groups is 1. The van der Waals surface area contributed by atoms with Crippen LogP contribution >= 0.6 is 0 Å². The van der Waals surface area contributed by atoms with E-state index in [2.05, 4.69) is 34.6 Å². The fourth-order valence-corrected chi connectivity index (χ4v) is 3.80. The highest BCUT2D eigenvalue weighted by Gasteiger charge is 2.07. The van der Waals surface area contributed by atoms with Gasteiger partial charge >= 0.3 is 0 Å². The molecule has 0 saturated heterocycles. The molecule has 0 aliphatic rings.